The van der Waals surface area contributed by atoms with Crippen LogP contribution in [0.15, 0.2) is 30.3 Å². The van der Waals surface area contributed by atoms with Gasteiger partial charge in [-0.05, 0) is 30.5 Å². The molecule has 2 rings (SSSR count). The molecule has 1 heterocycles. The van der Waals surface area contributed by atoms with Gasteiger partial charge in [-0.2, -0.15) is 4.98 Å². The number of halogens is 1. The Bertz CT molecular complexity index is 587. The van der Waals surface area contributed by atoms with Gasteiger partial charge in [-0.3, -0.25) is 0 Å². The summed E-state index contributed by atoms with van der Waals surface area (Å²) >= 11 is 0. The molecule has 0 unspecified atom stereocenters. The Morgan fingerprint density at radius 1 is 1.14 bits per heavy atom. The minimum absolute atomic E-state index is 0.210. The first-order chi connectivity index (χ1) is 10.7. The lowest BCUT2D eigenvalue weighted by atomic mass is 10.1. The van der Waals surface area contributed by atoms with Gasteiger partial charge in [0.15, 0.2) is 0 Å². The van der Waals surface area contributed by atoms with Crippen molar-refractivity contribution in [1.29, 1.82) is 0 Å². The molecule has 118 valence electrons. The topological polar surface area (TPSA) is 47.0 Å². The van der Waals surface area contributed by atoms with Crippen molar-refractivity contribution in [2.75, 3.05) is 18.5 Å². The molecule has 1 aromatic heterocycles. The molecular formula is C17H22FN3O. The Kier molecular flexibility index (Phi) is 6.13. The summed E-state index contributed by atoms with van der Waals surface area (Å²) in [6.45, 7) is 5.44. The van der Waals surface area contributed by atoms with Crippen LogP contribution in [0.3, 0.4) is 0 Å². The van der Waals surface area contributed by atoms with Crippen LogP contribution in [0.1, 0.15) is 31.7 Å². The van der Waals surface area contributed by atoms with E-state index in [0.717, 1.165) is 43.0 Å². The molecule has 0 amide bonds. The van der Waals surface area contributed by atoms with Gasteiger partial charge in [-0.1, -0.05) is 26.0 Å². The molecule has 1 N–H and O–H groups in total. The molecule has 1 aromatic carbocycles. The van der Waals surface area contributed by atoms with E-state index in [-0.39, 0.29) is 5.82 Å². The van der Waals surface area contributed by atoms with Crippen LogP contribution in [0.25, 0.3) is 0 Å². The molecule has 0 saturated carbocycles. The van der Waals surface area contributed by atoms with Crippen LogP contribution in [0.5, 0.6) is 5.88 Å². The van der Waals surface area contributed by atoms with Crippen LogP contribution in [-0.2, 0) is 12.8 Å². The summed E-state index contributed by atoms with van der Waals surface area (Å²) in [7, 11) is 0. The monoisotopic (exact) mass is 303 g/mol. The molecule has 0 aliphatic heterocycles. The first kappa shape index (κ1) is 16.2. The SMILES string of the molecule is CCCOc1cc(NCCc2ccc(F)cc2)nc(CC)n1. The van der Waals surface area contributed by atoms with E-state index in [1.165, 1.54) is 12.1 Å². The number of aromatic nitrogens is 2. The highest BCUT2D eigenvalue weighted by Crippen LogP contribution is 2.14. The van der Waals surface area contributed by atoms with Crippen molar-refractivity contribution >= 4 is 5.82 Å². The normalized spacial score (nSPS) is 10.5. The van der Waals surface area contributed by atoms with Crippen LogP contribution in [0.4, 0.5) is 10.2 Å². The van der Waals surface area contributed by atoms with E-state index in [1.807, 2.05) is 13.0 Å². The van der Waals surface area contributed by atoms with Crippen LogP contribution in [-0.4, -0.2) is 23.1 Å². The van der Waals surface area contributed by atoms with E-state index in [0.29, 0.717) is 12.5 Å². The third kappa shape index (κ3) is 4.98. The Morgan fingerprint density at radius 2 is 1.91 bits per heavy atom. The third-order valence-electron chi connectivity index (χ3n) is 3.15. The van der Waals surface area contributed by atoms with Gasteiger partial charge in [0.2, 0.25) is 5.88 Å². The zero-order chi connectivity index (χ0) is 15.8. The largest absolute Gasteiger partial charge is 0.478 e. The van der Waals surface area contributed by atoms with E-state index in [2.05, 4.69) is 22.2 Å². The van der Waals surface area contributed by atoms with E-state index in [4.69, 9.17) is 4.74 Å². The summed E-state index contributed by atoms with van der Waals surface area (Å²) in [6.07, 6.45) is 2.51. The lowest BCUT2D eigenvalue weighted by Crippen LogP contribution is -2.09. The van der Waals surface area contributed by atoms with Crippen molar-refractivity contribution in [2.45, 2.75) is 33.1 Å². The molecule has 0 aliphatic carbocycles. The number of nitrogens with one attached hydrogen (secondary N) is 1. The van der Waals surface area contributed by atoms with Gasteiger partial charge in [-0.25, -0.2) is 9.37 Å². The lowest BCUT2D eigenvalue weighted by molar-refractivity contribution is 0.304. The van der Waals surface area contributed by atoms with Gasteiger partial charge in [-0.15, -0.1) is 0 Å². The predicted molar refractivity (Wildman–Crippen MR) is 85.8 cm³/mol. The highest BCUT2D eigenvalue weighted by molar-refractivity contribution is 5.38. The van der Waals surface area contributed by atoms with Crippen LogP contribution in [0, 0.1) is 5.82 Å². The number of aryl methyl sites for hydroxylation is 1. The minimum Gasteiger partial charge on any atom is -0.478 e. The van der Waals surface area contributed by atoms with Crippen molar-refractivity contribution in [3.63, 3.8) is 0 Å². The molecule has 0 fully saturated rings. The van der Waals surface area contributed by atoms with Crippen molar-refractivity contribution in [2.24, 2.45) is 0 Å². The second-order valence-corrected chi connectivity index (χ2v) is 5.01. The molecule has 5 heteroatoms. The van der Waals surface area contributed by atoms with Gasteiger partial charge in [0.1, 0.15) is 17.5 Å². The fraction of sp³-hybridized carbons (Fsp3) is 0.412. The number of rotatable bonds is 8. The maximum absolute atomic E-state index is 12.9. The zero-order valence-electron chi connectivity index (χ0n) is 13.1. The second-order valence-electron chi connectivity index (χ2n) is 5.01. The van der Waals surface area contributed by atoms with Gasteiger partial charge in [0.05, 0.1) is 6.61 Å². The second kappa shape index (κ2) is 8.32. The van der Waals surface area contributed by atoms with Crippen molar-refractivity contribution in [1.82, 2.24) is 9.97 Å². The van der Waals surface area contributed by atoms with Crippen LogP contribution in [0.2, 0.25) is 0 Å². The average molecular weight is 303 g/mol. The van der Waals surface area contributed by atoms with Gasteiger partial charge in [0, 0.05) is 19.0 Å². The zero-order valence-corrected chi connectivity index (χ0v) is 13.1. The summed E-state index contributed by atoms with van der Waals surface area (Å²) in [5.74, 6) is 1.92. The summed E-state index contributed by atoms with van der Waals surface area (Å²) in [5.41, 5.74) is 1.08. The van der Waals surface area contributed by atoms with Gasteiger partial charge >= 0.3 is 0 Å². The molecule has 0 saturated heterocycles. The maximum atomic E-state index is 12.9. The lowest BCUT2D eigenvalue weighted by Gasteiger charge is -2.10. The van der Waals surface area contributed by atoms with Crippen LogP contribution < -0.4 is 10.1 Å². The third-order valence-corrected chi connectivity index (χ3v) is 3.15. The van der Waals surface area contributed by atoms with Crippen molar-refractivity contribution in [3.8, 4) is 5.88 Å². The summed E-state index contributed by atoms with van der Waals surface area (Å²) in [4.78, 5) is 8.79. The number of anilines is 1. The number of nitrogens with zero attached hydrogens (tertiary/aromatic N) is 2. The molecule has 2 aromatic rings. The number of ether oxygens (including phenoxy) is 1. The summed E-state index contributed by atoms with van der Waals surface area (Å²) in [6, 6.07) is 8.37. The maximum Gasteiger partial charge on any atom is 0.218 e. The predicted octanol–water partition coefficient (Wildman–Crippen LogP) is 3.62. The van der Waals surface area contributed by atoms with Crippen molar-refractivity contribution < 1.29 is 9.13 Å². The minimum atomic E-state index is -0.210. The quantitative estimate of drug-likeness (QED) is 0.809. The number of hydrogen-bond acceptors (Lipinski definition) is 4. The molecule has 0 bridgehead atoms. The Morgan fingerprint density at radius 3 is 2.59 bits per heavy atom. The van der Waals surface area contributed by atoms with E-state index >= 15 is 0 Å². The standard InChI is InChI=1S/C17H22FN3O/c1-3-11-22-17-12-16(20-15(4-2)21-17)19-10-9-13-5-7-14(18)8-6-13/h5-8,12H,3-4,9-11H2,1-2H3,(H,19,20,21). The molecule has 0 atom stereocenters. The highest BCUT2D eigenvalue weighted by Gasteiger charge is 2.04. The molecule has 0 radical (unpaired) electrons. The first-order valence-electron chi connectivity index (χ1n) is 7.70. The highest BCUT2D eigenvalue weighted by atomic mass is 19.1. The molecule has 22 heavy (non-hydrogen) atoms. The van der Waals surface area contributed by atoms with E-state index in [1.54, 1.807) is 12.1 Å². The van der Waals surface area contributed by atoms with E-state index in [9.17, 15) is 4.39 Å². The molecule has 0 aliphatic rings. The molecule has 4 nitrogen and oxygen atoms in total. The van der Waals surface area contributed by atoms with Crippen LogP contribution >= 0.6 is 0 Å². The molecule has 0 spiro atoms. The Balaban J connectivity index is 1.94. The van der Waals surface area contributed by atoms with Crippen molar-refractivity contribution in [3.05, 3.63) is 47.5 Å². The fourth-order valence-electron chi connectivity index (χ4n) is 1.99. The summed E-state index contributed by atoms with van der Waals surface area (Å²) < 4.78 is 18.4. The average Bonchev–Trinajstić information content (AvgIpc) is 2.54. The first-order valence-corrected chi connectivity index (χ1v) is 7.70. The Labute approximate surface area is 130 Å². The summed E-state index contributed by atoms with van der Waals surface area (Å²) in [5, 5.41) is 3.27. The Hall–Kier alpha value is -2.17. The number of hydrogen-bond donors (Lipinski definition) is 1. The number of benzene rings is 1. The fourth-order valence-corrected chi connectivity index (χ4v) is 1.99. The smallest absolute Gasteiger partial charge is 0.218 e. The van der Waals surface area contributed by atoms with Gasteiger partial charge < -0.3 is 10.1 Å². The van der Waals surface area contributed by atoms with E-state index < -0.39 is 0 Å². The van der Waals surface area contributed by atoms with Gasteiger partial charge in [0.25, 0.3) is 0 Å². The molecular weight excluding hydrogens is 281 g/mol.